The molecule has 20 heavy (non-hydrogen) atoms. The van der Waals surface area contributed by atoms with E-state index in [9.17, 15) is 8.78 Å². The van der Waals surface area contributed by atoms with Gasteiger partial charge in [0.25, 0.3) is 0 Å². The molecule has 1 aromatic carbocycles. The van der Waals surface area contributed by atoms with Crippen molar-refractivity contribution in [3.05, 3.63) is 34.8 Å². The molecule has 1 aromatic heterocycles. The Labute approximate surface area is 121 Å². The summed E-state index contributed by atoms with van der Waals surface area (Å²) in [5, 5.41) is 12.8. The molecule has 0 saturated carbocycles. The van der Waals surface area contributed by atoms with Crippen LogP contribution >= 0.6 is 11.3 Å². The monoisotopic (exact) mass is 297 g/mol. The summed E-state index contributed by atoms with van der Waals surface area (Å²) in [6.45, 7) is 7.06. The lowest BCUT2D eigenvalue weighted by molar-refractivity contribution is 0.429. The first-order chi connectivity index (χ1) is 9.33. The van der Waals surface area contributed by atoms with Crippen LogP contribution in [0.1, 0.15) is 25.8 Å². The van der Waals surface area contributed by atoms with Crippen molar-refractivity contribution in [3.8, 4) is 10.6 Å². The molecule has 0 unspecified atom stereocenters. The Bertz CT molecular complexity index is 570. The highest BCUT2D eigenvalue weighted by molar-refractivity contribution is 7.14. The molecule has 1 N–H and O–H groups in total. The molecule has 0 aliphatic heterocycles. The van der Waals surface area contributed by atoms with Gasteiger partial charge in [-0.05, 0) is 32.9 Å². The standard InChI is InChI=1S/C14H17F2N3S/c1-14(2,3)17-5-4-12-18-19-13(20-12)9-6-10(15)8-11(16)7-9/h6-8,17H,4-5H2,1-3H3. The van der Waals surface area contributed by atoms with Gasteiger partial charge in [0.15, 0.2) is 0 Å². The van der Waals surface area contributed by atoms with Crippen molar-refractivity contribution in [2.75, 3.05) is 6.54 Å². The van der Waals surface area contributed by atoms with Crippen molar-refractivity contribution < 1.29 is 8.78 Å². The van der Waals surface area contributed by atoms with Crippen LogP contribution in [0.15, 0.2) is 18.2 Å². The van der Waals surface area contributed by atoms with Crippen LogP contribution in [0.25, 0.3) is 10.6 Å². The SMILES string of the molecule is CC(C)(C)NCCc1nnc(-c2cc(F)cc(F)c2)s1. The van der Waals surface area contributed by atoms with Crippen LogP contribution in [-0.4, -0.2) is 22.3 Å². The van der Waals surface area contributed by atoms with Crippen LogP contribution < -0.4 is 5.32 Å². The molecular formula is C14H17F2N3S. The molecule has 0 saturated heterocycles. The molecule has 6 heteroatoms. The Morgan fingerprint density at radius 3 is 2.35 bits per heavy atom. The number of nitrogens with zero attached hydrogens (tertiary/aromatic N) is 2. The number of halogens is 2. The van der Waals surface area contributed by atoms with E-state index >= 15 is 0 Å². The topological polar surface area (TPSA) is 37.8 Å². The van der Waals surface area contributed by atoms with Crippen molar-refractivity contribution in [2.24, 2.45) is 0 Å². The summed E-state index contributed by atoms with van der Waals surface area (Å²) in [6.07, 6.45) is 0.743. The molecule has 0 atom stereocenters. The van der Waals surface area contributed by atoms with E-state index in [1.54, 1.807) is 0 Å². The minimum Gasteiger partial charge on any atom is -0.312 e. The van der Waals surface area contributed by atoms with Crippen LogP contribution in [0.4, 0.5) is 8.78 Å². The maximum absolute atomic E-state index is 13.2. The van der Waals surface area contributed by atoms with Gasteiger partial charge in [-0.15, -0.1) is 10.2 Å². The minimum atomic E-state index is -0.605. The van der Waals surface area contributed by atoms with Gasteiger partial charge in [0.2, 0.25) is 0 Å². The molecule has 2 rings (SSSR count). The van der Waals surface area contributed by atoms with Gasteiger partial charge in [0.1, 0.15) is 21.6 Å². The van der Waals surface area contributed by atoms with Crippen molar-refractivity contribution in [1.29, 1.82) is 0 Å². The number of rotatable bonds is 4. The van der Waals surface area contributed by atoms with Crippen molar-refractivity contribution in [3.63, 3.8) is 0 Å². The van der Waals surface area contributed by atoms with Crippen LogP contribution in [0.2, 0.25) is 0 Å². The number of hydrogen-bond acceptors (Lipinski definition) is 4. The second kappa shape index (κ2) is 5.93. The molecule has 0 aliphatic carbocycles. The fourth-order valence-corrected chi connectivity index (χ4v) is 2.52. The zero-order valence-electron chi connectivity index (χ0n) is 11.7. The van der Waals surface area contributed by atoms with E-state index in [0.29, 0.717) is 10.6 Å². The smallest absolute Gasteiger partial charge is 0.148 e. The highest BCUT2D eigenvalue weighted by Crippen LogP contribution is 2.25. The normalized spacial score (nSPS) is 11.8. The molecule has 108 valence electrons. The molecule has 0 aliphatic rings. The minimum absolute atomic E-state index is 0.0548. The first-order valence-electron chi connectivity index (χ1n) is 6.37. The first kappa shape index (κ1) is 15.0. The van der Waals surface area contributed by atoms with Gasteiger partial charge >= 0.3 is 0 Å². The van der Waals surface area contributed by atoms with E-state index in [0.717, 1.165) is 24.0 Å². The third-order valence-electron chi connectivity index (χ3n) is 2.57. The Hall–Kier alpha value is -1.40. The van der Waals surface area contributed by atoms with Crippen molar-refractivity contribution >= 4 is 11.3 Å². The molecule has 0 amide bonds. The van der Waals surface area contributed by atoms with Crippen LogP contribution in [0.3, 0.4) is 0 Å². The molecule has 3 nitrogen and oxygen atoms in total. The zero-order valence-corrected chi connectivity index (χ0v) is 12.5. The summed E-state index contributed by atoms with van der Waals surface area (Å²) < 4.78 is 26.3. The van der Waals surface area contributed by atoms with Crippen LogP contribution in [-0.2, 0) is 6.42 Å². The Balaban J connectivity index is 2.05. The number of benzene rings is 1. The van der Waals surface area contributed by atoms with Crippen LogP contribution in [0, 0.1) is 11.6 Å². The number of nitrogens with one attached hydrogen (secondary N) is 1. The zero-order chi connectivity index (χ0) is 14.8. The van der Waals surface area contributed by atoms with Gasteiger partial charge in [0, 0.05) is 30.1 Å². The lowest BCUT2D eigenvalue weighted by Crippen LogP contribution is -2.37. The Kier molecular flexibility index (Phi) is 4.45. The molecule has 0 spiro atoms. The van der Waals surface area contributed by atoms with Crippen molar-refractivity contribution in [2.45, 2.75) is 32.7 Å². The molecule has 2 aromatic rings. The van der Waals surface area contributed by atoms with Gasteiger partial charge < -0.3 is 5.32 Å². The Morgan fingerprint density at radius 1 is 1.10 bits per heavy atom. The van der Waals surface area contributed by atoms with Gasteiger partial charge in [-0.3, -0.25) is 0 Å². The number of aromatic nitrogens is 2. The van der Waals surface area contributed by atoms with E-state index in [1.807, 2.05) is 0 Å². The average Bonchev–Trinajstić information content (AvgIpc) is 2.74. The predicted octanol–water partition coefficient (Wildman–Crippen LogP) is 3.41. The summed E-state index contributed by atoms with van der Waals surface area (Å²) >= 11 is 1.36. The highest BCUT2D eigenvalue weighted by atomic mass is 32.1. The highest BCUT2D eigenvalue weighted by Gasteiger charge is 2.11. The van der Waals surface area contributed by atoms with Gasteiger partial charge in [0.05, 0.1) is 0 Å². The third-order valence-corrected chi connectivity index (χ3v) is 3.60. The largest absolute Gasteiger partial charge is 0.312 e. The lowest BCUT2D eigenvalue weighted by atomic mass is 10.1. The maximum atomic E-state index is 13.2. The van der Waals surface area contributed by atoms with E-state index in [1.165, 1.54) is 23.5 Å². The van der Waals surface area contributed by atoms with Crippen LogP contribution in [0.5, 0.6) is 0 Å². The molecule has 0 bridgehead atoms. The predicted molar refractivity (Wildman–Crippen MR) is 76.7 cm³/mol. The molecular weight excluding hydrogens is 280 g/mol. The number of hydrogen-bond donors (Lipinski definition) is 1. The van der Waals surface area contributed by atoms with E-state index in [-0.39, 0.29) is 5.54 Å². The average molecular weight is 297 g/mol. The van der Waals surface area contributed by atoms with E-state index < -0.39 is 11.6 Å². The van der Waals surface area contributed by atoms with Gasteiger partial charge in [-0.25, -0.2) is 8.78 Å². The van der Waals surface area contributed by atoms with Crippen molar-refractivity contribution in [1.82, 2.24) is 15.5 Å². The lowest BCUT2D eigenvalue weighted by Gasteiger charge is -2.19. The molecule has 1 heterocycles. The second-order valence-corrected chi connectivity index (χ2v) is 6.65. The fourth-order valence-electron chi connectivity index (χ4n) is 1.69. The molecule has 0 fully saturated rings. The maximum Gasteiger partial charge on any atom is 0.148 e. The van der Waals surface area contributed by atoms with Gasteiger partial charge in [-0.2, -0.15) is 0 Å². The summed E-state index contributed by atoms with van der Waals surface area (Å²) in [7, 11) is 0. The Morgan fingerprint density at radius 2 is 1.75 bits per heavy atom. The molecule has 0 radical (unpaired) electrons. The quantitative estimate of drug-likeness (QED) is 0.939. The summed E-state index contributed by atoms with van der Waals surface area (Å²) in [4.78, 5) is 0. The van der Waals surface area contributed by atoms with E-state index in [4.69, 9.17) is 0 Å². The fraction of sp³-hybridized carbons (Fsp3) is 0.429. The first-order valence-corrected chi connectivity index (χ1v) is 7.19. The van der Waals surface area contributed by atoms with E-state index in [2.05, 4.69) is 36.3 Å². The second-order valence-electron chi connectivity index (χ2n) is 5.59. The summed E-state index contributed by atoms with van der Waals surface area (Å²) in [5.41, 5.74) is 0.481. The van der Waals surface area contributed by atoms with Gasteiger partial charge in [-0.1, -0.05) is 11.3 Å². The summed E-state index contributed by atoms with van der Waals surface area (Å²) in [6, 6.07) is 3.38. The summed E-state index contributed by atoms with van der Waals surface area (Å²) in [5.74, 6) is -1.21. The third kappa shape index (κ3) is 4.31.